The molecule has 0 bridgehead atoms. The molecule has 18 heavy (non-hydrogen) atoms. The van der Waals surface area contributed by atoms with Crippen LogP contribution in [-0.4, -0.2) is 30.2 Å². The summed E-state index contributed by atoms with van der Waals surface area (Å²) in [4.78, 5) is 22.2. The Kier molecular flexibility index (Phi) is 5.44. The van der Waals surface area contributed by atoms with Crippen LogP contribution in [0.4, 0.5) is 4.79 Å². The van der Waals surface area contributed by atoms with E-state index in [0.29, 0.717) is 25.1 Å². The molecular formula is C13H16N2O3. The van der Waals surface area contributed by atoms with Crippen LogP contribution in [0.25, 0.3) is 0 Å². The maximum absolute atomic E-state index is 11.2. The predicted octanol–water partition coefficient (Wildman–Crippen LogP) is 1.41. The largest absolute Gasteiger partial charge is 0.478 e. The molecule has 5 heteroatoms. The van der Waals surface area contributed by atoms with Crippen LogP contribution in [0.1, 0.15) is 15.9 Å². The molecular weight excluding hydrogens is 232 g/mol. The molecule has 0 aromatic heterocycles. The third-order valence-electron chi connectivity index (χ3n) is 2.33. The second-order valence-corrected chi connectivity index (χ2v) is 3.64. The van der Waals surface area contributed by atoms with Gasteiger partial charge in [-0.25, -0.2) is 9.59 Å². The summed E-state index contributed by atoms with van der Waals surface area (Å²) in [6, 6.07) is 6.46. The topological polar surface area (TPSA) is 78.4 Å². The van der Waals surface area contributed by atoms with E-state index in [-0.39, 0.29) is 11.6 Å². The average molecular weight is 248 g/mol. The highest BCUT2D eigenvalue weighted by atomic mass is 16.4. The van der Waals surface area contributed by atoms with Crippen molar-refractivity contribution in [1.29, 1.82) is 0 Å². The van der Waals surface area contributed by atoms with E-state index in [0.717, 1.165) is 0 Å². The van der Waals surface area contributed by atoms with Gasteiger partial charge in [0.05, 0.1) is 5.56 Å². The minimum Gasteiger partial charge on any atom is -0.478 e. The first-order valence-electron chi connectivity index (χ1n) is 5.59. The lowest BCUT2D eigenvalue weighted by atomic mass is 10.0. The number of carboxylic acid groups (broad SMARTS) is 1. The van der Waals surface area contributed by atoms with Gasteiger partial charge in [-0.15, -0.1) is 6.58 Å². The summed E-state index contributed by atoms with van der Waals surface area (Å²) in [5, 5.41) is 14.2. The third kappa shape index (κ3) is 4.29. The predicted molar refractivity (Wildman–Crippen MR) is 68.7 cm³/mol. The Bertz CT molecular complexity index is 444. The summed E-state index contributed by atoms with van der Waals surface area (Å²) in [5.74, 6) is -0.957. The van der Waals surface area contributed by atoms with Crippen molar-refractivity contribution in [3.8, 4) is 0 Å². The molecule has 0 aliphatic rings. The summed E-state index contributed by atoms with van der Waals surface area (Å²) in [6.45, 7) is 4.27. The van der Waals surface area contributed by atoms with Crippen molar-refractivity contribution in [3.63, 3.8) is 0 Å². The van der Waals surface area contributed by atoms with Gasteiger partial charge in [0.1, 0.15) is 0 Å². The maximum Gasteiger partial charge on any atom is 0.335 e. The number of aromatic carboxylic acids is 1. The minimum absolute atomic E-state index is 0.269. The monoisotopic (exact) mass is 248 g/mol. The molecule has 1 aromatic carbocycles. The number of nitrogens with one attached hydrogen (secondary N) is 2. The number of carbonyl (C=O) groups excluding carboxylic acids is 1. The number of carbonyl (C=O) groups is 2. The molecule has 0 unspecified atom stereocenters. The highest BCUT2D eigenvalue weighted by Crippen LogP contribution is 2.08. The lowest BCUT2D eigenvalue weighted by Crippen LogP contribution is -2.36. The van der Waals surface area contributed by atoms with Gasteiger partial charge in [-0.3, -0.25) is 0 Å². The van der Waals surface area contributed by atoms with E-state index in [4.69, 9.17) is 5.11 Å². The fourth-order valence-corrected chi connectivity index (χ4v) is 1.49. The molecule has 1 rings (SSSR count). The van der Waals surface area contributed by atoms with Crippen LogP contribution >= 0.6 is 0 Å². The van der Waals surface area contributed by atoms with Crippen molar-refractivity contribution < 1.29 is 14.7 Å². The normalized spacial score (nSPS) is 9.56. The molecule has 0 saturated heterocycles. The molecule has 96 valence electrons. The molecule has 5 nitrogen and oxygen atoms in total. The molecule has 0 fully saturated rings. The van der Waals surface area contributed by atoms with Gasteiger partial charge in [-0.2, -0.15) is 0 Å². The summed E-state index contributed by atoms with van der Waals surface area (Å²) >= 11 is 0. The van der Waals surface area contributed by atoms with Gasteiger partial charge in [0, 0.05) is 13.1 Å². The first-order valence-corrected chi connectivity index (χ1v) is 5.59. The van der Waals surface area contributed by atoms with E-state index >= 15 is 0 Å². The van der Waals surface area contributed by atoms with E-state index in [1.165, 1.54) is 0 Å². The van der Waals surface area contributed by atoms with Crippen LogP contribution < -0.4 is 10.6 Å². The SMILES string of the molecule is C=CCNC(=O)NCCc1ccccc1C(=O)O. The zero-order valence-corrected chi connectivity index (χ0v) is 9.98. The molecule has 0 aliphatic heterocycles. The standard InChI is InChI=1S/C13H16N2O3/c1-2-8-14-13(18)15-9-7-10-5-3-4-6-11(10)12(16)17/h2-6H,1,7-9H2,(H,16,17)(H2,14,15,18). The van der Waals surface area contributed by atoms with Crippen LogP contribution in [0, 0.1) is 0 Å². The van der Waals surface area contributed by atoms with Gasteiger partial charge < -0.3 is 15.7 Å². The zero-order valence-electron chi connectivity index (χ0n) is 9.98. The number of hydrogen-bond acceptors (Lipinski definition) is 2. The van der Waals surface area contributed by atoms with E-state index in [2.05, 4.69) is 17.2 Å². The Morgan fingerprint density at radius 1 is 1.28 bits per heavy atom. The van der Waals surface area contributed by atoms with Crippen molar-refractivity contribution in [3.05, 3.63) is 48.0 Å². The second-order valence-electron chi connectivity index (χ2n) is 3.64. The fourth-order valence-electron chi connectivity index (χ4n) is 1.49. The average Bonchev–Trinajstić information content (AvgIpc) is 2.36. The van der Waals surface area contributed by atoms with E-state index in [1.54, 1.807) is 30.3 Å². The van der Waals surface area contributed by atoms with Crippen molar-refractivity contribution in [2.75, 3.05) is 13.1 Å². The van der Waals surface area contributed by atoms with Gasteiger partial charge in [0.25, 0.3) is 0 Å². The number of urea groups is 1. The lowest BCUT2D eigenvalue weighted by Gasteiger charge is -2.08. The minimum atomic E-state index is -0.957. The third-order valence-corrected chi connectivity index (χ3v) is 2.33. The fraction of sp³-hybridized carbons (Fsp3) is 0.231. The maximum atomic E-state index is 11.2. The smallest absolute Gasteiger partial charge is 0.335 e. The number of rotatable bonds is 6. The molecule has 0 aliphatic carbocycles. The molecule has 1 aromatic rings. The molecule has 0 spiro atoms. The lowest BCUT2D eigenvalue weighted by molar-refractivity contribution is 0.0695. The van der Waals surface area contributed by atoms with Gasteiger partial charge in [0.2, 0.25) is 0 Å². The summed E-state index contributed by atoms with van der Waals surface area (Å²) in [6.07, 6.45) is 2.06. The number of hydrogen-bond donors (Lipinski definition) is 3. The Morgan fingerprint density at radius 3 is 2.67 bits per heavy atom. The number of carboxylic acids is 1. The van der Waals surface area contributed by atoms with Crippen LogP contribution in [0.3, 0.4) is 0 Å². The van der Waals surface area contributed by atoms with E-state index < -0.39 is 5.97 Å². The summed E-state index contributed by atoms with van der Waals surface area (Å²) in [7, 11) is 0. The second kappa shape index (κ2) is 7.11. The Hall–Kier alpha value is -2.30. The zero-order chi connectivity index (χ0) is 13.4. The molecule has 3 N–H and O–H groups in total. The van der Waals surface area contributed by atoms with Gasteiger partial charge in [0.15, 0.2) is 0 Å². The highest BCUT2D eigenvalue weighted by Gasteiger charge is 2.08. The Labute approximate surface area is 106 Å². The quantitative estimate of drug-likeness (QED) is 0.666. The number of benzene rings is 1. The first kappa shape index (κ1) is 13.8. The van der Waals surface area contributed by atoms with Crippen molar-refractivity contribution in [2.45, 2.75) is 6.42 Å². The van der Waals surface area contributed by atoms with Gasteiger partial charge >= 0.3 is 12.0 Å². The molecule has 0 heterocycles. The molecule has 0 atom stereocenters. The van der Waals surface area contributed by atoms with Crippen LogP contribution in [-0.2, 0) is 6.42 Å². The van der Waals surface area contributed by atoms with Crippen LogP contribution in [0.15, 0.2) is 36.9 Å². The van der Waals surface area contributed by atoms with Crippen molar-refractivity contribution in [1.82, 2.24) is 10.6 Å². The Balaban J connectivity index is 2.46. The summed E-state index contributed by atoms with van der Waals surface area (Å²) in [5.41, 5.74) is 0.972. The van der Waals surface area contributed by atoms with Gasteiger partial charge in [-0.1, -0.05) is 24.3 Å². The highest BCUT2D eigenvalue weighted by molar-refractivity contribution is 5.89. The molecule has 0 radical (unpaired) electrons. The number of amides is 2. The van der Waals surface area contributed by atoms with Crippen molar-refractivity contribution in [2.24, 2.45) is 0 Å². The van der Waals surface area contributed by atoms with Crippen LogP contribution in [0.5, 0.6) is 0 Å². The van der Waals surface area contributed by atoms with Crippen molar-refractivity contribution >= 4 is 12.0 Å². The molecule has 0 saturated carbocycles. The van der Waals surface area contributed by atoms with Gasteiger partial charge in [-0.05, 0) is 18.1 Å². The van der Waals surface area contributed by atoms with E-state index in [1.807, 2.05) is 0 Å². The summed E-state index contributed by atoms with van der Waals surface area (Å²) < 4.78 is 0. The molecule has 2 amide bonds. The Morgan fingerprint density at radius 2 is 2.00 bits per heavy atom. The van der Waals surface area contributed by atoms with Crippen LogP contribution in [0.2, 0.25) is 0 Å². The van der Waals surface area contributed by atoms with E-state index in [9.17, 15) is 9.59 Å². The first-order chi connectivity index (χ1) is 8.65.